The summed E-state index contributed by atoms with van der Waals surface area (Å²) in [6.07, 6.45) is 6.51. The lowest BCUT2D eigenvalue weighted by atomic mass is 9.93. The fourth-order valence-corrected chi connectivity index (χ4v) is 2.05. The summed E-state index contributed by atoms with van der Waals surface area (Å²) in [6, 6.07) is 10.2. The molecule has 3 heteroatoms. The smallest absolute Gasteiger partial charge is 0.305 e. The first-order chi connectivity index (χ1) is 10.5. The number of hydrogen-bond donors (Lipinski definition) is 0. The van der Waals surface area contributed by atoms with E-state index in [2.05, 4.69) is 38.1 Å². The van der Waals surface area contributed by atoms with Gasteiger partial charge in [-0.3, -0.25) is 4.79 Å². The average Bonchev–Trinajstić information content (AvgIpc) is 2.48. The summed E-state index contributed by atoms with van der Waals surface area (Å²) in [7, 11) is 0. The third kappa shape index (κ3) is 8.63. The Bertz CT molecular complexity index is 449. The van der Waals surface area contributed by atoms with Gasteiger partial charge >= 0.3 is 5.97 Å². The van der Waals surface area contributed by atoms with Gasteiger partial charge in [-0.25, -0.2) is 0 Å². The van der Waals surface area contributed by atoms with Crippen LogP contribution in [-0.2, 0) is 20.9 Å². The number of ether oxygens (including phenoxy) is 2. The zero-order valence-electron chi connectivity index (χ0n) is 14.0. The zero-order valence-corrected chi connectivity index (χ0v) is 14.0. The number of rotatable bonds is 10. The molecule has 0 radical (unpaired) electrons. The third-order valence-electron chi connectivity index (χ3n) is 3.21. The van der Waals surface area contributed by atoms with E-state index in [9.17, 15) is 4.79 Å². The Morgan fingerprint density at radius 1 is 1.23 bits per heavy atom. The highest BCUT2D eigenvalue weighted by Gasteiger charge is 2.13. The van der Waals surface area contributed by atoms with Crippen LogP contribution in [0.25, 0.3) is 0 Å². The standard InChI is InChI=1S/C19H28O3/c1-4-22-18(20)13-9-6-10-14-19(2,3)16-21-15-17-11-7-5-8-12-17/h5,7-8,10-12,14H,4,6,9,13,15-16H2,1-3H3/b14-10-. The second-order valence-corrected chi connectivity index (χ2v) is 6.07. The van der Waals surface area contributed by atoms with Crippen LogP contribution in [0.4, 0.5) is 0 Å². The topological polar surface area (TPSA) is 35.5 Å². The first kappa shape index (κ1) is 18.4. The highest BCUT2D eigenvalue weighted by molar-refractivity contribution is 5.69. The molecule has 1 rings (SSSR count). The van der Waals surface area contributed by atoms with E-state index in [0.717, 1.165) is 12.8 Å². The molecule has 0 spiro atoms. The lowest BCUT2D eigenvalue weighted by Gasteiger charge is -2.20. The molecule has 0 unspecified atom stereocenters. The Hall–Kier alpha value is -1.61. The number of unbranched alkanes of at least 4 members (excludes halogenated alkanes) is 1. The van der Waals surface area contributed by atoms with E-state index >= 15 is 0 Å². The van der Waals surface area contributed by atoms with Crippen LogP contribution in [0.5, 0.6) is 0 Å². The van der Waals surface area contributed by atoms with Crippen molar-refractivity contribution in [2.45, 2.75) is 46.6 Å². The van der Waals surface area contributed by atoms with Gasteiger partial charge in [0.15, 0.2) is 0 Å². The van der Waals surface area contributed by atoms with Gasteiger partial charge in [0.25, 0.3) is 0 Å². The Morgan fingerprint density at radius 2 is 1.95 bits per heavy atom. The normalized spacial score (nSPS) is 11.8. The molecule has 0 N–H and O–H groups in total. The summed E-state index contributed by atoms with van der Waals surface area (Å²) in [4.78, 5) is 11.2. The van der Waals surface area contributed by atoms with Crippen LogP contribution in [0.15, 0.2) is 42.5 Å². The van der Waals surface area contributed by atoms with Crippen molar-refractivity contribution < 1.29 is 14.3 Å². The highest BCUT2D eigenvalue weighted by atomic mass is 16.5. The second kappa shape index (κ2) is 10.2. The Morgan fingerprint density at radius 3 is 2.64 bits per heavy atom. The maximum atomic E-state index is 11.2. The van der Waals surface area contributed by atoms with Crippen molar-refractivity contribution in [2.75, 3.05) is 13.2 Å². The van der Waals surface area contributed by atoms with E-state index in [4.69, 9.17) is 9.47 Å². The minimum absolute atomic E-state index is 0.00128. The molecular formula is C19H28O3. The molecule has 0 atom stereocenters. The fraction of sp³-hybridized carbons (Fsp3) is 0.526. The van der Waals surface area contributed by atoms with Crippen molar-refractivity contribution in [2.24, 2.45) is 5.41 Å². The van der Waals surface area contributed by atoms with E-state index in [1.165, 1.54) is 5.56 Å². The third-order valence-corrected chi connectivity index (χ3v) is 3.21. The first-order valence-electron chi connectivity index (χ1n) is 7.98. The van der Waals surface area contributed by atoms with Gasteiger partial charge in [0.1, 0.15) is 0 Å². The molecule has 0 saturated heterocycles. The number of carbonyl (C=O) groups excluding carboxylic acids is 1. The molecule has 0 fully saturated rings. The molecule has 0 aliphatic carbocycles. The van der Waals surface area contributed by atoms with E-state index < -0.39 is 0 Å². The molecule has 3 nitrogen and oxygen atoms in total. The quantitative estimate of drug-likeness (QED) is 0.362. The summed E-state index contributed by atoms with van der Waals surface area (Å²) in [5, 5.41) is 0. The van der Waals surface area contributed by atoms with Crippen molar-refractivity contribution in [3.8, 4) is 0 Å². The molecular weight excluding hydrogens is 276 g/mol. The van der Waals surface area contributed by atoms with Crippen LogP contribution in [0, 0.1) is 5.41 Å². The molecule has 0 saturated carbocycles. The van der Waals surface area contributed by atoms with Crippen molar-refractivity contribution in [1.29, 1.82) is 0 Å². The SMILES string of the molecule is CCOC(=O)CCC/C=C\C(C)(C)COCc1ccccc1. The molecule has 0 heterocycles. The van der Waals surface area contributed by atoms with Crippen LogP contribution in [0.3, 0.4) is 0 Å². The van der Waals surface area contributed by atoms with Crippen LogP contribution in [0.1, 0.15) is 45.6 Å². The molecule has 22 heavy (non-hydrogen) atoms. The van der Waals surface area contributed by atoms with Gasteiger partial charge in [-0.05, 0) is 25.3 Å². The van der Waals surface area contributed by atoms with Crippen LogP contribution >= 0.6 is 0 Å². The molecule has 0 aliphatic heterocycles. The van der Waals surface area contributed by atoms with Gasteiger partial charge < -0.3 is 9.47 Å². The Kier molecular flexibility index (Phi) is 8.53. The Balaban J connectivity index is 2.19. The minimum atomic E-state index is -0.110. The number of carbonyl (C=O) groups is 1. The Labute approximate surface area is 134 Å². The summed E-state index contributed by atoms with van der Waals surface area (Å²) < 4.78 is 10.7. The largest absolute Gasteiger partial charge is 0.466 e. The molecule has 1 aromatic carbocycles. The first-order valence-corrected chi connectivity index (χ1v) is 7.98. The van der Waals surface area contributed by atoms with Crippen LogP contribution in [-0.4, -0.2) is 19.2 Å². The van der Waals surface area contributed by atoms with Gasteiger partial charge in [-0.2, -0.15) is 0 Å². The zero-order chi connectivity index (χ0) is 16.3. The van der Waals surface area contributed by atoms with Crippen LogP contribution < -0.4 is 0 Å². The number of benzene rings is 1. The average molecular weight is 304 g/mol. The van der Waals surface area contributed by atoms with E-state index in [1.807, 2.05) is 25.1 Å². The maximum Gasteiger partial charge on any atom is 0.305 e. The van der Waals surface area contributed by atoms with E-state index in [0.29, 0.717) is 26.2 Å². The van der Waals surface area contributed by atoms with Crippen molar-refractivity contribution in [3.05, 3.63) is 48.0 Å². The van der Waals surface area contributed by atoms with Crippen LogP contribution in [0.2, 0.25) is 0 Å². The van der Waals surface area contributed by atoms with Crippen molar-refractivity contribution in [1.82, 2.24) is 0 Å². The number of hydrogen-bond acceptors (Lipinski definition) is 3. The fourth-order valence-electron chi connectivity index (χ4n) is 2.05. The molecule has 0 amide bonds. The molecule has 0 bridgehead atoms. The second-order valence-electron chi connectivity index (χ2n) is 6.07. The predicted octanol–water partition coefficient (Wildman–Crippen LogP) is 4.52. The highest BCUT2D eigenvalue weighted by Crippen LogP contribution is 2.19. The molecule has 1 aromatic rings. The van der Waals surface area contributed by atoms with Gasteiger partial charge in [-0.1, -0.05) is 56.3 Å². The maximum absolute atomic E-state index is 11.2. The van der Waals surface area contributed by atoms with Gasteiger partial charge in [-0.15, -0.1) is 0 Å². The van der Waals surface area contributed by atoms with Gasteiger partial charge in [0, 0.05) is 11.8 Å². The van der Waals surface area contributed by atoms with E-state index in [1.54, 1.807) is 0 Å². The van der Waals surface area contributed by atoms with Gasteiger partial charge in [0.2, 0.25) is 0 Å². The van der Waals surface area contributed by atoms with Gasteiger partial charge in [0.05, 0.1) is 19.8 Å². The summed E-state index contributed by atoms with van der Waals surface area (Å²) in [6.45, 7) is 7.91. The summed E-state index contributed by atoms with van der Waals surface area (Å²) >= 11 is 0. The molecule has 0 aromatic heterocycles. The molecule has 122 valence electrons. The monoisotopic (exact) mass is 304 g/mol. The number of allylic oxidation sites excluding steroid dienone is 1. The molecule has 0 aliphatic rings. The minimum Gasteiger partial charge on any atom is -0.466 e. The van der Waals surface area contributed by atoms with Crippen molar-refractivity contribution >= 4 is 5.97 Å². The summed E-state index contributed by atoms with van der Waals surface area (Å²) in [5.41, 5.74) is 1.19. The lowest BCUT2D eigenvalue weighted by Crippen LogP contribution is -2.16. The predicted molar refractivity (Wildman–Crippen MR) is 89.5 cm³/mol. The lowest BCUT2D eigenvalue weighted by molar-refractivity contribution is -0.143. The van der Waals surface area contributed by atoms with Crippen molar-refractivity contribution in [3.63, 3.8) is 0 Å². The summed E-state index contributed by atoms with van der Waals surface area (Å²) in [5.74, 6) is -0.110. The van der Waals surface area contributed by atoms with E-state index in [-0.39, 0.29) is 11.4 Å². The number of esters is 1.